The molecule has 6 nitrogen and oxygen atoms in total. The highest BCUT2D eigenvalue weighted by atomic mass is 15.1. The zero-order valence-corrected chi connectivity index (χ0v) is 21.4. The van der Waals surface area contributed by atoms with Crippen LogP contribution in [0.15, 0.2) is 134 Å². The monoisotopic (exact) mass is 514 g/mol. The summed E-state index contributed by atoms with van der Waals surface area (Å²) < 4.78 is 4.41. The molecule has 0 amide bonds. The minimum absolute atomic E-state index is 0.625. The van der Waals surface area contributed by atoms with Gasteiger partial charge in [0.15, 0.2) is 23.1 Å². The SMILES string of the molecule is c1ccc(-c2nc(-c3ccccc3)nc(-c3cccc(-n4c5ccccc5c5nc6ccccn6c54)c3)n2)cc1. The standard InChI is InChI=1S/C34H22N6/c1-3-12-23(13-4-1)31-36-32(24-14-5-2-6-15-24)38-33(37-31)25-16-11-17-26(22-25)40-28-19-8-7-18-27(28)30-34(40)39-21-10-9-20-29(39)35-30/h1-22H. The Bertz CT molecular complexity index is 2100. The number of rotatable bonds is 4. The number of aromatic nitrogens is 6. The average Bonchev–Trinajstić information content (AvgIpc) is 3.57. The molecule has 0 saturated carbocycles. The normalized spacial score (nSPS) is 11.5. The van der Waals surface area contributed by atoms with Gasteiger partial charge in [-0.15, -0.1) is 0 Å². The summed E-state index contributed by atoms with van der Waals surface area (Å²) in [7, 11) is 0. The molecule has 0 atom stereocenters. The first kappa shape index (κ1) is 22.4. The summed E-state index contributed by atoms with van der Waals surface area (Å²) in [6.45, 7) is 0. The predicted octanol–water partition coefficient (Wildman–Crippen LogP) is 7.62. The van der Waals surface area contributed by atoms with Crippen LogP contribution in [0, 0.1) is 0 Å². The van der Waals surface area contributed by atoms with Gasteiger partial charge in [0.2, 0.25) is 0 Å². The van der Waals surface area contributed by atoms with Gasteiger partial charge in [0.25, 0.3) is 0 Å². The van der Waals surface area contributed by atoms with Gasteiger partial charge in [-0.1, -0.05) is 97.1 Å². The number of fused-ring (bicyclic) bond motifs is 5. The van der Waals surface area contributed by atoms with Crippen LogP contribution in [0.1, 0.15) is 0 Å². The zero-order chi connectivity index (χ0) is 26.5. The molecule has 8 rings (SSSR count). The summed E-state index contributed by atoms with van der Waals surface area (Å²) in [5.74, 6) is 1.91. The number of hydrogen-bond acceptors (Lipinski definition) is 4. The molecule has 188 valence electrons. The molecule has 0 bridgehead atoms. The molecule has 4 heterocycles. The van der Waals surface area contributed by atoms with Gasteiger partial charge in [0.1, 0.15) is 11.2 Å². The Morgan fingerprint density at radius 2 is 1.07 bits per heavy atom. The predicted molar refractivity (Wildman–Crippen MR) is 159 cm³/mol. The highest BCUT2D eigenvalue weighted by Crippen LogP contribution is 2.33. The number of pyridine rings is 1. The van der Waals surface area contributed by atoms with Gasteiger partial charge >= 0.3 is 0 Å². The Labute approximate surface area is 229 Å². The van der Waals surface area contributed by atoms with Crippen molar-refractivity contribution in [2.24, 2.45) is 0 Å². The highest BCUT2D eigenvalue weighted by molar-refractivity contribution is 6.07. The van der Waals surface area contributed by atoms with E-state index in [2.05, 4.69) is 63.7 Å². The van der Waals surface area contributed by atoms with E-state index in [-0.39, 0.29) is 0 Å². The molecule has 0 spiro atoms. The Morgan fingerprint density at radius 1 is 0.475 bits per heavy atom. The fourth-order valence-electron chi connectivity index (χ4n) is 5.34. The van der Waals surface area contributed by atoms with Crippen LogP contribution in [0.4, 0.5) is 0 Å². The summed E-state index contributed by atoms with van der Waals surface area (Å²) in [5, 5.41) is 1.12. The molecule has 0 saturated heterocycles. The first-order valence-electron chi connectivity index (χ1n) is 13.2. The van der Waals surface area contributed by atoms with Crippen LogP contribution in [-0.2, 0) is 0 Å². The summed E-state index contributed by atoms with van der Waals surface area (Å²) in [6.07, 6.45) is 2.06. The van der Waals surface area contributed by atoms with Gasteiger partial charge in [0.05, 0.1) is 5.52 Å². The van der Waals surface area contributed by atoms with Crippen LogP contribution in [0.5, 0.6) is 0 Å². The Kier molecular flexibility index (Phi) is 5.03. The van der Waals surface area contributed by atoms with Gasteiger partial charge in [0, 0.05) is 34.0 Å². The first-order chi connectivity index (χ1) is 19.8. The lowest BCUT2D eigenvalue weighted by molar-refractivity contribution is 1.07. The molecule has 0 N–H and O–H groups in total. The second kappa shape index (κ2) is 8.99. The molecule has 8 aromatic rings. The van der Waals surface area contributed by atoms with Crippen molar-refractivity contribution in [3.8, 4) is 39.9 Å². The summed E-state index contributed by atoms with van der Waals surface area (Å²) in [6, 6.07) is 43.0. The van der Waals surface area contributed by atoms with Gasteiger partial charge in [-0.2, -0.15) is 0 Å². The van der Waals surface area contributed by atoms with Crippen molar-refractivity contribution in [1.29, 1.82) is 0 Å². The van der Waals surface area contributed by atoms with Crippen molar-refractivity contribution in [2.75, 3.05) is 0 Å². The van der Waals surface area contributed by atoms with E-state index in [0.717, 1.165) is 50.1 Å². The van der Waals surface area contributed by atoms with Crippen LogP contribution >= 0.6 is 0 Å². The number of imidazole rings is 1. The molecular formula is C34H22N6. The number of nitrogens with zero attached hydrogens (tertiary/aromatic N) is 6. The number of hydrogen-bond donors (Lipinski definition) is 0. The maximum Gasteiger partial charge on any atom is 0.164 e. The minimum Gasteiger partial charge on any atom is -0.294 e. The largest absolute Gasteiger partial charge is 0.294 e. The Hall–Kier alpha value is -5.62. The van der Waals surface area contributed by atoms with E-state index >= 15 is 0 Å². The van der Waals surface area contributed by atoms with Crippen LogP contribution in [0.25, 0.3) is 67.6 Å². The third-order valence-corrected chi connectivity index (χ3v) is 7.18. The molecule has 40 heavy (non-hydrogen) atoms. The third-order valence-electron chi connectivity index (χ3n) is 7.18. The quantitative estimate of drug-likeness (QED) is 0.242. The molecular weight excluding hydrogens is 492 g/mol. The Balaban J connectivity index is 1.36. The number of benzene rings is 4. The van der Waals surface area contributed by atoms with E-state index < -0.39 is 0 Å². The van der Waals surface area contributed by atoms with Crippen molar-refractivity contribution < 1.29 is 0 Å². The van der Waals surface area contributed by atoms with Crippen LogP contribution in [0.3, 0.4) is 0 Å². The molecule has 0 radical (unpaired) electrons. The Morgan fingerprint density at radius 3 is 1.80 bits per heavy atom. The molecule has 0 aliphatic carbocycles. The highest BCUT2D eigenvalue weighted by Gasteiger charge is 2.19. The zero-order valence-electron chi connectivity index (χ0n) is 21.4. The van der Waals surface area contributed by atoms with E-state index in [9.17, 15) is 0 Å². The second-order valence-electron chi connectivity index (χ2n) is 9.65. The molecule has 6 heteroatoms. The lowest BCUT2D eigenvalue weighted by Gasteiger charge is -2.11. The molecule has 0 fully saturated rings. The summed E-state index contributed by atoms with van der Waals surface area (Å²) >= 11 is 0. The van der Waals surface area contributed by atoms with Crippen LogP contribution in [0.2, 0.25) is 0 Å². The smallest absolute Gasteiger partial charge is 0.164 e. The average molecular weight is 515 g/mol. The lowest BCUT2D eigenvalue weighted by atomic mass is 10.1. The molecule has 0 unspecified atom stereocenters. The maximum atomic E-state index is 4.97. The van der Waals surface area contributed by atoms with Crippen molar-refractivity contribution in [1.82, 2.24) is 28.9 Å². The molecule has 0 aliphatic rings. The van der Waals surface area contributed by atoms with Crippen molar-refractivity contribution >= 4 is 27.7 Å². The van der Waals surface area contributed by atoms with Crippen molar-refractivity contribution in [2.45, 2.75) is 0 Å². The lowest BCUT2D eigenvalue weighted by Crippen LogP contribution is -2.01. The fourth-order valence-corrected chi connectivity index (χ4v) is 5.34. The first-order valence-corrected chi connectivity index (χ1v) is 13.2. The maximum absolute atomic E-state index is 4.97. The third kappa shape index (κ3) is 3.58. The topological polar surface area (TPSA) is 60.9 Å². The van der Waals surface area contributed by atoms with Crippen molar-refractivity contribution in [3.63, 3.8) is 0 Å². The molecule has 4 aromatic heterocycles. The van der Waals surface area contributed by atoms with Gasteiger partial charge < -0.3 is 0 Å². The van der Waals surface area contributed by atoms with Gasteiger partial charge in [-0.05, 0) is 30.3 Å². The van der Waals surface area contributed by atoms with Crippen LogP contribution in [-0.4, -0.2) is 28.9 Å². The van der Waals surface area contributed by atoms with Crippen LogP contribution < -0.4 is 0 Å². The summed E-state index contributed by atoms with van der Waals surface area (Å²) in [4.78, 5) is 19.7. The molecule has 0 aliphatic heterocycles. The number of para-hydroxylation sites is 1. The minimum atomic E-state index is 0.625. The summed E-state index contributed by atoms with van der Waals surface area (Å²) in [5.41, 5.74) is 7.84. The second-order valence-corrected chi connectivity index (χ2v) is 9.65. The van der Waals surface area contributed by atoms with E-state index in [1.807, 2.05) is 78.9 Å². The van der Waals surface area contributed by atoms with E-state index in [0.29, 0.717) is 17.5 Å². The van der Waals surface area contributed by atoms with E-state index in [1.165, 1.54) is 0 Å². The van der Waals surface area contributed by atoms with Gasteiger partial charge in [-0.3, -0.25) is 8.97 Å². The van der Waals surface area contributed by atoms with E-state index in [4.69, 9.17) is 19.9 Å². The van der Waals surface area contributed by atoms with E-state index in [1.54, 1.807) is 0 Å². The van der Waals surface area contributed by atoms with Crippen molar-refractivity contribution in [3.05, 3.63) is 134 Å². The van der Waals surface area contributed by atoms with Gasteiger partial charge in [-0.25, -0.2) is 19.9 Å². The molecule has 4 aromatic carbocycles. The fraction of sp³-hybridized carbons (Fsp3) is 0.